The molecule has 0 atom stereocenters. The Labute approximate surface area is 167 Å². The minimum atomic E-state index is -0.286. The third kappa shape index (κ3) is 4.40. The molecule has 3 aromatic rings. The molecule has 1 heterocycles. The van der Waals surface area contributed by atoms with E-state index in [1.54, 1.807) is 43.6 Å². The van der Waals surface area contributed by atoms with Crippen LogP contribution in [0.4, 0.5) is 4.39 Å². The van der Waals surface area contributed by atoms with E-state index in [-0.39, 0.29) is 24.9 Å². The monoisotopic (exact) mass is 396 g/mol. The summed E-state index contributed by atoms with van der Waals surface area (Å²) in [4.78, 5) is 17.8. The van der Waals surface area contributed by atoms with Gasteiger partial charge in [0, 0.05) is 29.4 Å². The van der Waals surface area contributed by atoms with Gasteiger partial charge in [0.15, 0.2) is 0 Å². The quantitative estimate of drug-likeness (QED) is 0.609. The minimum absolute atomic E-state index is 0.108. The van der Waals surface area contributed by atoms with Crippen molar-refractivity contribution in [3.63, 3.8) is 0 Å². The number of hydrogen-bond acceptors (Lipinski definition) is 4. The van der Waals surface area contributed by atoms with Gasteiger partial charge < -0.3 is 10.4 Å². The van der Waals surface area contributed by atoms with E-state index in [9.17, 15) is 14.3 Å². The van der Waals surface area contributed by atoms with E-state index in [0.717, 1.165) is 21.6 Å². The first-order chi connectivity index (χ1) is 13.5. The van der Waals surface area contributed by atoms with Gasteiger partial charge in [0.25, 0.3) is 5.91 Å². The average Bonchev–Trinajstić information content (AvgIpc) is 2.73. The van der Waals surface area contributed by atoms with Crippen molar-refractivity contribution in [2.45, 2.75) is 25.0 Å². The molecule has 0 radical (unpaired) electrons. The molecule has 144 valence electrons. The first kappa shape index (κ1) is 20.0. The van der Waals surface area contributed by atoms with Crippen LogP contribution in [0.2, 0.25) is 0 Å². The Morgan fingerprint density at radius 2 is 2.04 bits per heavy atom. The van der Waals surface area contributed by atoms with Crippen molar-refractivity contribution in [3.05, 3.63) is 82.9 Å². The normalized spacial score (nSPS) is 10.7. The highest BCUT2D eigenvalue weighted by Gasteiger charge is 2.14. The molecule has 28 heavy (non-hydrogen) atoms. The van der Waals surface area contributed by atoms with Gasteiger partial charge in [-0.25, -0.2) is 4.39 Å². The predicted octanol–water partition coefficient (Wildman–Crippen LogP) is 4.34. The van der Waals surface area contributed by atoms with Gasteiger partial charge in [-0.3, -0.25) is 9.78 Å². The number of halogens is 1. The number of rotatable bonds is 6. The lowest BCUT2D eigenvalue weighted by Crippen LogP contribution is -2.23. The molecule has 4 nitrogen and oxygen atoms in total. The third-order valence-corrected chi connectivity index (χ3v) is 5.32. The summed E-state index contributed by atoms with van der Waals surface area (Å²) in [6.07, 6.45) is 5.21. The van der Waals surface area contributed by atoms with Crippen molar-refractivity contribution in [1.29, 1.82) is 0 Å². The molecular weight excluding hydrogens is 375 g/mol. The Morgan fingerprint density at radius 1 is 1.21 bits per heavy atom. The lowest BCUT2D eigenvalue weighted by atomic mass is 10.00. The number of aromatic nitrogens is 1. The number of benzene rings is 2. The standard InChI is InChI=1S/C22H21FN2O2S/c1-14-3-4-15(9-20(14)23)11-25-22(27)18-10-16(5-6-21(18)28-2)19-12-24-8-7-17(19)13-26/h3-10,12,26H,11,13H2,1-2H3,(H,25,27). The van der Waals surface area contributed by atoms with Crippen LogP contribution in [-0.4, -0.2) is 22.3 Å². The molecule has 0 saturated heterocycles. The number of thioether (sulfide) groups is 1. The Morgan fingerprint density at radius 3 is 2.75 bits per heavy atom. The van der Waals surface area contributed by atoms with Gasteiger partial charge in [-0.2, -0.15) is 0 Å². The van der Waals surface area contributed by atoms with E-state index in [4.69, 9.17) is 0 Å². The highest BCUT2D eigenvalue weighted by atomic mass is 32.2. The van der Waals surface area contributed by atoms with E-state index in [1.165, 1.54) is 17.8 Å². The summed E-state index contributed by atoms with van der Waals surface area (Å²) < 4.78 is 13.7. The summed E-state index contributed by atoms with van der Waals surface area (Å²) >= 11 is 1.48. The van der Waals surface area contributed by atoms with Crippen LogP contribution in [-0.2, 0) is 13.2 Å². The zero-order chi connectivity index (χ0) is 20.1. The zero-order valence-electron chi connectivity index (χ0n) is 15.7. The molecule has 0 aliphatic carbocycles. The molecule has 0 fully saturated rings. The van der Waals surface area contributed by atoms with Gasteiger partial charge in [0.05, 0.1) is 12.2 Å². The fraction of sp³-hybridized carbons (Fsp3) is 0.182. The molecule has 1 amide bonds. The molecule has 0 aliphatic heterocycles. The van der Waals surface area contributed by atoms with Crippen molar-refractivity contribution in [3.8, 4) is 11.1 Å². The van der Waals surface area contributed by atoms with Crippen LogP contribution in [0, 0.1) is 12.7 Å². The fourth-order valence-electron chi connectivity index (χ4n) is 2.90. The summed E-state index contributed by atoms with van der Waals surface area (Å²) in [5.74, 6) is -0.520. The average molecular weight is 396 g/mol. The van der Waals surface area contributed by atoms with Gasteiger partial charge in [-0.1, -0.05) is 18.2 Å². The van der Waals surface area contributed by atoms with E-state index in [0.29, 0.717) is 16.7 Å². The molecule has 6 heteroatoms. The summed E-state index contributed by atoms with van der Waals surface area (Å²) in [7, 11) is 0. The number of nitrogens with zero attached hydrogens (tertiary/aromatic N) is 1. The molecule has 0 bridgehead atoms. The van der Waals surface area contributed by atoms with Crippen molar-refractivity contribution < 1.29 is 14.3 Å². The number of aryl methyl sites for hydroxylation is 1. The molecule has 2 aromatic carbocycles. The molecule has 0 saturated carbocycles. The second-order valence-corrected chi connectivity index (χ2v) is 7.22. The number of aliphatic hydroxyl groups is 1. The van der Waals surface area contributed by atoms with E-state index in [1.807, 2.05) is 18.4 Å². The van der Waals surface area contributed by atoms with Gasteiger partial charge in [0.1, 0.15) is 5.82 Å². The number of carbonyl (C=O) groups is 1. The highest BCUT2D eigenvalue weighted by Crippen LogP contribution is 2.29. The van der Waals surface area contributed by atoms with Crippen LogP contribution in [0.1, 0.15) is 27.0 Å². The predicted molar refractivity (Wildman–Crippen MR) is 110 cm³/mol. The lowest BCUT2D eigenvalue weighted by molar-refractivity contribution is 0.0948. The Bertz CT molecular complexity index is 1010. The Balaban J connectivity index is 1.87. The van der Waals surface area contributed by atoms with Crippen LogP contribution in [0.5, 0.6) is 0 Å². The van der Waals surface area contributed by atoms with Gasteiger partial charge in [-0.15, -0.1) is 11.8 Å². The first-order valence-corrected chi connectivity index (χ1v) is 10.0. The largest absolute Gasteiger partial charge is 0.392 e. The molecular formula is C22H21FN2O2S. The number of amides is 1. The Kier molecular flexibility index (Phi) is 6.44. The van der Waals surface area contributed by atoms with Gasteiger partial charge >= 0.3 is 0 Å². The number of aliphatic hydroxyl groups excluding tert-OH is 1. The second-order valence-electron chi connectivity index (χ2n) is 6.37. The third-order valence-electron chi connectivity index (χ3n) is 4.53. The summed E-state index contributed by atoms with van der Waals surface area (Å²) in [5, 5.41) is 12.4. The SMILES string of the molecule is CSc1ccc(-c2cnccc2CO)cc1C(=O)NCc1ccc(C)c(F)c1. The van der Waals surface area contributed by atoms with Crippen LogP contribution >= 0.6 is 11.8 Å². The van der Waals surface area contributed by atoms with E-state index in [2.05, 4.69) is 10.3 Å². The molecule has 0 spiro atoms. The molecule has 2 N–H and O–H groups in total. The Hall–Kier alpha value is -2.70. The summed E-state index contributed by atoms with van der Waals surface area (Å²) in [6.45, 7) is 1.83. The molecule has 3 rings (SSSR count). The summed E-state index contributed by atoms with van der Waals surface area (Å²) in [5.41, 5.74) is 4.14. The fourth-order valence-corrected chi connectivity index (χ4v) is 3.47. The van der Waals surface area contributed by atoms with Gasteiger partial charge in [-0.05, 0) is 59.7 Å². The number of nitrogens with one attached hydrogen (secondary N) is 1. The molecule has 0 unspecified atom stereocenters. The van der Waals surface area contributed by atoms with Crippen molar-refractivity contribution in [2.24, 2.45) is 0 Å². The number of carbonyl (C=O) groups excluding carboxylic acids is 1. The van der Waals surface area contributed by atoms with E-state index < -0.39 is 0 Å². The van der Waals surface area contributed by atoms with Crippen LogP contribution in [0.15, 0.2) is 59.8 Å². The number of pyridine rings is 1. The maximum Gasteiger partial charge on any atom is 0.252 e. The van der Waals surface area contributed by atoms with Crippen LogP contribution < -0.4 is 5.32 Å². The van der Waals surface area contributed by atoms with Crippen LogP contribution in [0.3, 0.4) is 0 Å². The minimum Gasteiger partial charge on any atom is -0.392 e. The maximum absolute atomic E-state index is 13.7. The molecule has 1 aromatic heterocycles. The highest BCUT2D eigenvalue weighted by molar-refractivity contribution is 7.98. The summed E-state index contributed by atoms with van der Waals surface area (Å²) in [6, 6.07) is 12.3. The van der Waals surface area contributed by atoms with Crippen molar-refractivity contribution in [1.82, 2.24) is 10.3 Å². The topological polar surface area (TPSA) is 62.2 Å². The van der Waals surface area contributed by atoms with E-state index >= 15 is 0 Å². The maximum atomic E-state index is 13.7. The van der Waals surface area contributed by atoms with Crippen LogP contribution in [0.25, 0.3) is 11.1 Å². The second kappa shape index (κ2) is 8.99. The van der Waals surface area contributed by atoms with Gasteiger partial charge in [0.2, 0.25) is 0 Å². The smallest absolute Gasteiger partial charge is 0.252 e. The zero-order valence-corrected chi connectivity index (χ0v) is 16.5. The lowest BCUT2D eigenvalue weighted by Gasteiger charge is -2.13. The van der Waals surface area contributed by atoms with Crippen molar-refractivity contribution >= 4 is 17.7 Å². The first-order valence-electron chi connectivity index (χ1n) is 8.79. The molecule has 0 aliphatic rings. The van der Waals surface area contributed by atoms with Crippen molar-refractivity contribution in [2.75, 3.05) is 6.26 Å². The number of hydrogen-bond donors (Lipinski definition) is 2.